The van der Waals surface area contributed by atoms with Crippen LogP contribution in [0.4, 0.5) is 0 Å². The van der Waals surface area contributed by atoms with Crippen molar-refractivity contribution in [3.63, 3.8) is 0 Å². The van der Waals surface area contributed by atoms with E-state index < -0.39 is 0 Å². The molecule has 3 nitrogen and oxygen atoms in total. The van der Waals surface area contributed by atoms with E-state index in [1.165, 1.54) is 0 Å². The zero-order valence-electron chi connectivity index (χ0n) is 7.50. The van der Waals surface area contributed by atoms with Gasteiger partial charge >= 0.3 is 0 Å². The Kier molecular flexibility index (Phi) is 3.65. The Morgan fingerprint density at radius 1 is 1.75 bits per heavy atom. The third-order valence-corrected chi connectivity index (χ3v) is 2.26. The molecule has 0 fully saturated rings. The number of hydrogen-bond donors (Lipinski definition) is 2. The van der Waals surface area contributed by atoms with E-state index in [1.807, 2.05) is 13.8 Å². The summed E-state index contributed by atoms with van der Waals surface area (Å²) in [4.78, 5) is 4.32. The van der Waals surface area contributed by atoms with Crippen LogP contribution in [0.2, 0.25) is 0 Å². The van der Waals surface area contributed by atoms with Crippen LogP contribution in [0.5, 0.6) is 0 Å². The summed E-state index contributed by atoms with van der Waals surface area (Å²) in [5.74, 6) is 0. The topological polar surface area (TPSA) is 50.9 Å². The molecule has 4 heteroatoms. The summed E-state index contributed by atoms with van der Waals surface area (Å²) >= 11 is 1.68. The highest BCUT2D eigenvalue weighted by Crippen LogP contribution is 2.06. The summed E-state index contributed by atoms with van der Waals surface area (Å²) in [6.45, 7) is 5.67. The molecule has 0 saturated heterocycles. The third-order valence-electron chi connectivity index (χ3n) is 1.44. The molecular formula is C8H15N3S. The van der Waals surface area contributed by atoms with Gasteiger partial charge in [-0.3, -0.25) is 0 Å². The van der Waals surface area contributed by atoms with Gasteiger partial charge in [0.15, 0.2) is 0 Å². The van der Waals surface area contributed by atoms with Crippen LogP contribution < -0.4 is 11.1 Å². The number of thiazole rings is 1. The van der Waals surface area contributed by atoms with Gasteiger partial charge in [-0.15, -0.1) is 11.3 Å². The van der Waals surface area contributed by atoms with Gasteiger partial charge in [-0.05, 0) is 13.8 Å². The largest absolute Gasteiger partial charge is 0.327 e. The maximum atomic E-state index is 5.58. The summed E-state index contributed by atoms with van der Waals surface area (Å²) in [6.07, 6.45) is 0. The molecule has 1 aromatic rings. The SMILES string of the molecule is Cc1nc(CNCC(C)N)cs1. The second kappa shape index (κ2) is 4.54. The normalized spacial score (nSPS) is 13.2. The molecule has 0 spiro atoms. The van der Waals surface area contributed by atoms with Crippen molar-refractivity contribution in [1.29, 1.82) is 0 Å². The molecule has 0 saturated carbocycles. The van der Waals surface area contributed by atoms with Crippen molar-refractivity contribution in [3.8, 4) is 0 Å². The maximum absolute atomic E-state index is 5.58. The molecule has 1 aromatic heterocycles. The van der Waals surface area contributed by atoms with Crippen LogP contribution in [0.3, 0.4) is 0 Å². The zero-order chi connectivity index (χ0) is 8.97. The first-order valence-corrected chi connectivity index (χ1v) is 4.93. The van der Waals surface area contributed by atoms with E-state index in [2.05, 4.69) is 15.7 Å². The standard InChI is InChI=1S/C8H15N3S/c1-6(9)3-10-4-8-5-12-7(2)11-8/h5-6,10H,3-4,9H2,1-2H3. The summed E-state index contributed by atoms with van der Waals surface area (Å²) in [6, 6.07) is 0.213. The van der Waals surface area contributed by atoms with Gasteiger partial charge in [0.05, 0.1) is 10.7 Å². The quantitative estimate of drug-likeness (QED) is 0.732. The van der Waals surface area contributed by atoms with Crippen molar-refractivity contribution in [2.75, 3.05) is 6.54 Å². The number of aryl methyl sites for hydroxylation is 1. The lowest BCUT2D eigenvalue weighted by Gasteiger charge is -2.04. The fourth-order valence-electron chi connectivity index (χ4n) is 0.917. The molecule has 0 aliphatic heterocycles. The molecule has 0 aliphatic carbocycles. The fourth-order valence-corrected chi connectivity index (χ4v) is 1.53. The monoisotopic (exact) mass is 185 g/mol. The first kappa shape index (κ1) is 9.64. The van der Waals surface area contributed by atoms with Crippen LogP contribution in [0.15, 0.2) is 5.38 Å². The van der Waals surface area contributed by atoms with Crippen molar-refractivity contribution < 1.29 is 0 Å². The molecule has 0 bridgehead atoms. The molecule has 3 N–H and O–H groups in total. The van der Waals surface area contributed by atoms with E-state index in [9.17, 15) is 0 Å². The zero-order valence-corrected chi connectivity index (χ0v) is 8.32. The summed E-state index contributed by atoms with van der Waals surface area (Å²) in [7, 11) is 0. The fraction of sp³-hybridized carbons (Fsp3) is 0.625. The minimum absolute atomic E-state index is 0.213. The molecule has 1 unspecified atom stereocenters. The van der Waals surface area contributed by atoms with Crippen LogP contribution in [0.25, 0.3) is 0 Å². The number of nitrogens with one attached hydrogen (secondary N) is 1. The maximum Gasteiger partial charge on any atom is 0.0897 e. The molecule has 68 valence electrons. The predicted octanol–water partition coefficient (Wildman–Crippen LogP) is 0.888. The first-order valence-electron chi connectivity index (χ1n) is 4.06. The average Bonchev–Trinajstić information content (AvgIpc) is 2.35. The van der Waals surface area contributed by atoms with Gasteiger partial charge in [0, 0.05) is 24.5 Å². The van der Waals surface area contributed by atoms with Crippen LogP contribution in [0, 0.1) is 6.92 Å². The summed E-state index contributed by atoms with van der Waals surface area (Å²) in [5, 5.41) is 6.42. The average molecular weight is 185 g/mol. The van der Waals surface area contributed by atoms with Crippen molar-refractivity contribution in [1.82, 2.24) is 10.3 Å². The smallest absolute Gasteiger partial charge is 0.0897 e. The Bertz CT molecular complexity index is 232. The number of nitrogens with two attached hydrogens (primary N) is 1. The highest BCUT2D eigenvalue weighted by Gasteiger charge is 1.97. The van der Waals surface area contributed by atoms with Gasteiger partial charge < -0.3 is 11.1 Å². The van der Waals surface area contributed by atoms with Crippen LogP contribution in [0.1, 0.15) is 17.6 Å². The molecule has 1 atom stereocenters. The summed E-state index contributed by atoms with van der Waals surface area (Å²) < 4.78 is 0. The third kappa shape index (κ3) is 3.30. The second-order valence-electron chi connectivity index (χ2n) is 2.97. The number of aromatic nitrogens is 1. The Balaban J connectivity index is 2.24. The summed E-state index contributed by atoms with van der Waals surface area (Å²) in [5.41, 5.74) is 6.69. The van der Waals surface area contributed by atoms with Gasteiger partial charge in [0.1, 0.15) is 0 Å². The number of hydrogen-bond acceptors (Lipinski definition) is 4. The Morgan fingerprint density at radius 2 is 2.50 bits per heavy atom. The molecule has 1 heterocycles. The van der Waals surface area contributed by atoms with Gasteiger partial charge in [-0.25, -0.2) is 4.98 Å². The molecule has 0 aliphatic rings. The van der Waals surface area contributed by atoms with Gasteiger partial charge in [-0.2, -0.15) is 0 Å². The lowest BCUT2D eigenvalue weighted by atomic mass is 10.3. The van der Waals surface area contributed by atoms with Crippen LogP contribution in [-0.2, 0) is 6.54 Å². The van der Waals surface area contributed by atoms with E-state index in [0.717, 1.165) is 23.8 Å². The molecule has 0 aromatic carbocycles. The highest BCUT2D eigenvalue weighted by molar-refractivity contribution is 7.09. The van der Waals surface area contributed by atoms with Gasteiger partial charge in [0.25, 0.3) is 0 Å². The van der Waals surface area contributed by atoms with Gasteiger partial charge in [-0.1, -0.05) is 0 Å². The van der Waals surface area contributed by atoms with E-state index in [1.54, 1.807) is 11.3 Å². The number of nitrogens with zero attached hydrogens (tertiary/aromatic N) is 1. The van der Waals surface area contributed by atoms with Crippen molar-refractivity contribution >= 4 is 11.3 Å². The van der Waals surface area contributed by atoms with E-state index >= 15 is 0 Å². The van der Waals surface area contributed by atoms with Crippen LogP contribution in [-0.4, -0.2) is 17.6 Å². The Morgan fingerprint density at radius 3 is 3.00 bits per heavy atom. The van der Waals surface area contributed by atoms with Crippen molar-refractivity contribution in [2.45, 2.75) is 26.4 Å². The lowest BCUT2D eigenvalue weighted by molar-refractivity contribution is 0.603. The van der Waals surface area contributed by atoms with E-state index in [0.29, 0.717) is 0 Å². The van der Waals surface area contributed by atoms with Crippen molar-refractivity contribution in [2.24, 2.45) is 5.73 Å². The highest BCUT2D eigenvalue weighted by atomic mass is 32.1. The van der Waals surface area contributed by atoms with Crippen molar-refractivity contribution in [3.05, 3.63) is 16.1 Å². The second-order valence-corrected chi connectivity index (χ2v) is 4.03. The number of rotatable bonds is 4. The molecule has 12 heavy (non-hydrogen) atoms. The lowest BCUT2D eigenvalue weighted by Crippen LogP contribution is -2.30. The Hall–Kier alpha value is -0.450. The van der Waals surface area contributed by atoms with E-state index in [-0.39, 0.29) is 6.04 Å². The molecule has 1 rings (SSSR count). The van der Waals surface area contributed by atoms with Crippen LogP contribution >= 0.6 is 11.3 Å². The minimum atomic E-state index is 0.213. The molecule has 0 radical (unpaired) electrons. The van der Waals surface area contributed by atoms with E-state index in [4.69, 9.17) is 5.73 Å². The minimum Gasteiger partial charge on any atom is -0.327 e. The first-order chi connectivity index (χ1) is 5.68. The molecular weight excluding hydrogens is 170 g/mol. The predicted molar refractivity (Wildman–Crippen MR) is 52.2 cm³/mol. The van der Waals surface area contributed by atoms with Gasteiger partial charge in [0.2, 0.25) is 0 Å². The molecule has 0 amide bonds. The Labute approximate surface area is 77.0 Å².